The van der Waals surface area contributed by atoms with E-state index in [1.807, 2.05) is 13.0 Å². The third-order valence-corrected chi connectivity index (χ3v) is 11.4. The van der Waals surface area contributed by atoms with Crippen LogP contribution >= 0.6 is 0 Å². The zero-order valence-electron chi connectivity index (χ0n) is 25.8. The van der Waals surface area contributed by atoms with Gasteiger partial charge in [-0.3, -0.25) is 14.4 Å². The van der Waals surface area contributed by atoms with Gasteiger partial charge in [-0.25, -0.2) is 14.5 Å². The van der Waals surface area contributed by atoms with Gasteiger partial charge in [-0.2, -0.15) is 0 Å². The fraction of sp³-hybridized carbons (Fsp3) is 0.529. The average Bonchev–Trinajstić information content (AvgIpc) is 3.49. The molecule has 0 bridgehead atoms. The van der Waals surface area contributed by atoms with Crippen molar-refractivity contribution < 1.29 is 48.9 Å². The van der Waals surface area contributed by atoms with Gasteiger partial charge in [-0.1, -0.05) is 30.6 Å². The van der Waals surface area contributed by atoms with E-state index in [-0.39, 0.29) is 47.3 Å². The molecule has 3 fully saturated rings. The van der Waals surface area contributed by atoms with Crippen LogP contribution in [0.15, 0.2) is 53.2 Å². The van der Waals surface area contributed by atoms with E-state index in [0.717, 1.165) is 35.5 Å². The van der Waals surface area contributed by atoms with Crippen LogP contribution in [0.4, 0.5) is 5.69 Å². The predicted octanol–water partition coefficient (Wildman–Crippen LogP) is 2.96. The zero-order valence-corrected chi connectivity index (χ0v) is 25.8. The minimum absolute atomic E-state index is 0.0290. The van der Waals surface area contributed by atoms with Crippen LogP contribution in [0.25, 0.3) is 0 Å². The van der Waals surface area contributed by atoms with Gasteiger partial charge in [-0.05, 0) is 92.4 Å². The van der Waals surface area contributed by atoms with Gasteiger partial charge in [0.25, 0.3) is 11.8 Å². The number of anilines is 1. The Kier molecular flexibility index (Phi) is 8.00. The number of imide groups is 1. The fourth-order valence-electron chi connectivity index (χ4n) is 9.16. The van der Waals surface area contributed by atoms with E-state index in [1.165, 1.54) is 24.3 Å². The largest absolute Gasteiger partial charge is 0.479 e. The lowest BCUT2D eigenvalue weighted by Crippen LogP contribution is -2.62. The van der Waals surface area contributed by atoms with Gasteiger partial charge in [0.1, 0.15) is 5.60 Å². The third kappa shape index (κ3) is 5.07. The summed E-state index contributed by atoms with van der Waals surface area (Å²) in [5.41, 5.74) is -0.964. The number of ketones is 1. The molecule has 2 amide bonds. The second-order valence-corrected chi connectivity index (χ2v) is 13.7. The van der Waals surface area contributed by atoms with Crippen molar-refractivity contribution in [2.75, 3.05) is 18.1 Å². The Balaban J connectivity index is 1.15. The number of fused-ring (bicyclic) bond motifs is 5. The number of oxime groups is 1. The van der Waals surface area contributed by atoms with Crippen molar-refractivity contribution in [2.24, 2.45) is 33.7 Å². The Morgan fingerprint density at radius 3 is 2.50 bits per heavy atom. The summed E-state index contributed by atoms with van der Waals surface area (Å²) in [7, 11) is 0. The van der Waals surface area contributed by atoms with Gasteiger partial charge in [-0.15, -0.1) is 0 Å². The number of esters is 1. The van der Waals surface area contributed by atoms with E-state index in [4.69, 9.17) is 14.7 Å². The first-order chi connectivity index (χ1) is 21.8. The van der Waals surface area contributed by atoms with Crippen LogP contribution < -0.4 is 4.90 Å². The Bertz CT molecular complexity index is 1580. The summed E-state index contributed by atoms with van der Waals surface area (Å²) in [6.07, 6.45) is 7.28. The minimum Gasteiger partial charge on any atom is -0.479 e. The number of aliphatic hydroxyl groups excluding tert-OH is 1. The van der Waals surface area contributed by atoms with E-state index in [9.17, 15) is 34.2 Å². The molecule has 3 saturated carbocycles. The molecule has 0 aromatic heterocycles. The lowest BCUT2D eigenvalue weighted by molar-refractivity contribution is -0.181. The fourth-order valence-corrected chi connectivity index (χ4v) is 9.16. The number of aliphatic carboxylic acids is 1. The number of allylic oxidation sites excluding steroid dienone is 2. The van der Waals surface area contributed by atoms with Gasteiger partial charge in [0.2, 0.25) is 12.4 Å². The normalized spacial score (nSPS) is 35.7. The number of amides is 2. The van der Waals surface area contributed by atoms with E-state index < -0.39 is 59.9 Å². The zero-order chi connectivity index (χ0) is 33.0. The molecule has 46 heavy (non-hydrogen) atoms. The summed E-state index contributed by atoms with van der Waals surface area (Å²) in [5.74, 6) is -3.66. The molecule has 12 nitrogen and oxygen atoms in total. The summed E-state index contributed by atoms with van der Waals surface area (Å²) >= 11 is 0. The number of nitrogens with zero attached hydrogens (tertiary/aromatic N) is 2. The highest BCUT2D eigenvalue weighted by molar-refractivity contribution is 6.28. The monoisotopic (exact) mass is 634 g/mol. The second-order valence-electron chi connectivity index (χ2n) is 13.7. The highest BCUT2D eigenvalue weighted by atomic mass is 16.6. The molecule has 12 heteroatoms. The Hall–Kier alpha value is -4.16. The van der Waals surface area contributed by atoms with Crippen LogP contribution in [0.2, 0.25) is 0 Å². The maximum absolute atomic E-state index is 13.7. The SMILES string of the molecule is C[C@]12C[C@@H](O)[C@H]3[C@@H](CCC4=C/C(=N/OCC(=O)O)CC[C@]43C)[C@@H]1CC[C@]2(O)C(=O)COC(=O)c1cccc(N2C(=O)C=CC2=O)c1. The number of carbonyl (C=O) groups excluding carboxylic acids is 4. The third-order valence-electron chi connectivity index (χ3n) is 11.4. The van der Waals surface area contributed by atoms with Crippen LogP contribution in [0.1, 0.15) is 69.2 Å². The van der Waals surface area contributed by atoms with Gasteiger partial charge >= 0.3 is 11.9 Å². The van der Waals surface area contributed by atoms with E-state index in [0.29, 0.717) is 25.0 Å². The number of carboxylic acids is 1. The van der Waals surface area contributed by atoms with Gasteiger partial charge in [0.05, 0.1) is 23.1 Å². The Labute approximate surface area is 265 Å². The summed E-state index contributed by atoms with van der Waals surface area (Å²) in [6, 6.07) is 5.80. The molecule has 7 atom stereocenters. The molecule has 1 aliphatic heterocycles. The smallest absolute Gasteiger partial charge is 0.344 e. The highest BCUT2D eigenvalue weighted by Gasteiger charge is 2.68. The standard InChI is InChI=1S/C34H38N2O10/c1-32-12-10-21(35-46-18-29(41)42)15-20(32)6-7-23-24-11-13-34(44,33(24,2)16-25(37)30(23)32)26(38)17-45-31(43)19-4-3-5-22(14-19)36-27(39)8-9-28(36)40/h3-5,8-9,14-15,23-25,30,37,44H,6-7,10-13,16-18H2,1-2H3,(H,41,42)/b35-21+/t23-,24-,25+,30+,32+,33-,34-/m0/s1. The molecule has 0 radical (unpaired) electrons. The van der Waals surface area contributed by atoms with E-state index >= 15 is 0 Å². The number of aliphatic hydroxyl groups is 2. The first-order valence-electron chi connectivity index (χ1n) is 15.7. The number of carbonyl (C=O) groups is 5. The van der Waals surface area contributed by atoms with Crippen molar-refractivity contribution in [3.8, 4) is 0 Å². The van der Waals surface area contributed by atoms with Crippen LogP contribution in [0, 0.1) is 28.6 Å². The summed E-state index contributed by atoms with van der Waals surface area (Å²) in [5, 5.41) is 36.5. The molecular formula is C34H38N2O10. The molecular weight excluding hydrogens is 596 g/mol. The van der Waals surface area contributed by atoms with Crippen LogP contribution in [-0.4, -0.2) is 75.5 Å². The number of hydrogen-bond acceptors (Lipinski definition) is 10. The van der Waals surface area contributed by atoms with Crippen molar-refractivity contribution in [1.29, 1.82) is 0 Å². The molecule has 1 heterocycles. The van der Waals surface area contributed by atoms with Gasteiger partial charge < -0.3 is 24.9 Å². The van der Waals surface area contributed by atoms with Crippen LogP contribution in [0.5, 0.6) is 0 Å². The van der Waals surface area contributed by atoms with Gasteiger partial charge in [0, 0.05) is 17.6 Å². The molecule has 0 unspecified atom stereocenters. The van der Waals surface area contributed by atoms with Crippen LogP contribution in [-0.2, 0) is 28.8 Å². The molecule has 1 aromatic rings. The molecule has 4 aliphatic carbocycles. The van der Waals surface area contributed by atoms with Crippen molar-refractivity contribution in [1.82, 2.24) is 0 Å². The second kappa shape index (κ2) is 11.6. The van der Waals surface area contributed by atoms with Crippen molar-refractivity contribution in [3.05, 3.63) is 53.6 Å². The van der Waals surface area contributed by atoms with Crippen molar-refractivity contribution >= 4 is 40.9 Å². The summed E-state index contributed by atoms with van der Waals surface area (Å²) in [4.78, 5) is 67.4. The molecule has 6 rings (SSSR count). The maximum Gasteiger partial charge on any atom is 0.344 e. The van der Waals surface area contributed by atoms with Crippen LogP contribution in [0.3, 0.4) is 0 Å². The molecule has 0 spiro atoms. The number of rotatable bonds is 8. The summed E-state index contributed by atoms with van der Waals surface area (Å²) < 4.78 is 5.36. The Morgan fingerprint density at radius 2 is 1.78 bits per heavy atom. The van der Waals surface area contributed by atoms with E-state index in [1.54, 1.807) is 0 Å². The molecule has 3 N–H and O–H groups in total. The molecule has 5 aliphatic rings. The minimum atomic E-state index is -1.79. The number of Topliss-reactive ketones (excluding diaryl/α,β-unsaturated/α-hetero) is 1. The lowest BCUT2D eigenvalue weighted by Gasteiger charge is -2.60. The number of ether oxygens (including phenoxy) is 1. The highest BCUT2D eigenvalue weighted by Crippen LogP contribution is 2.67. The average molecular weight is 635 g/mol. The maximum atomic E-state index is 13.7. The summed E-state index contributed by atoms with van der Waals surface area (Å²) in [6.45, 7) is 2.85. The first-order valence-corrected chi connectivity index (χ1v) is 15.7. The molecule has 244 valence electrons. The predicted molar refractivity (Wildman–Crippen MR) is 162 cm³/mol. The number of benzene rings is 1. The van der Waals surface area contributed by atoms with Crippen molar-refractivity contribution in [3.63, 3.8) is 0 Å². The number of hydrogen-bond donors (Lipinski definition) is 3. The Morgan fingerprint density at radius 1 is 1.04 bits per heavy atom. The van der Waals surface area contributed by atoms with Crippen molar-refractivity contribution in [2.45, 2.75) is 70.5 Å². The lowest BCUT2D eigenvalue weighted by atomic mass is 9.45. The molecule has 1 aromatic carbocycles. The molecule has 0 saturated heterocycles. The number of carboxylic acid groups (broad SMARTS) is 1. The van der Waals surface area contributed by atoms with E-state index in [2.05, 4.69) is 12.1 Å². The first kappa shape index (κ1) is 31.8. The topological polar surface area (TPSA) is 180 Å². The van der Waals surface area contributed by atoms with Gasteiger partial charge in [0.15, 0.2) is 6.61 Å². The quantitative estimate of drug-likeness (QED) is 0.219.